The molecule has 1 aliphatic carbocycles. The van der Waals surface area contributed by atoms with Crippen LogP contribution in [0.15, 0.2) is 0 Å². The minimum atomic E-state index is -1.27. The highest BCUT2D eigenvalue weighted by atomic mass is 16.7. The second kappa shape index (κ2) is 8.31. The summed E-state index contributed by atoms with van der Waals surface area (Å²) in [5.41, 5.74) is 23.2. The van der Waals surface area contributed by atoms with Gasteiger partial charge in [0.15, 0.2) is 6.29 Å². The van der Waals surface area contributed by atoms with E-state index in [0.29, 0.717) is 6.42 Å². The van der Waals surface area contributed by atoms with Crippen molar-refractivity contribution < 1.29 is 29.5 Å². The quantitative estimate of drug-likeness (QED) is 0.261. The molecule has 1 saturated carbocycles. The Morgan fingerprint density at radius 1 is 0.962 bits per heavy atom. The third kappa shape index (κ3) is 4.71. The molecule has 10 nitrogen and oxygen atoms in total. The predicted octanol–water partition coefficient (Wildman–Crippen LogP) is -3.29. The summed E-state index contributed by atoms with van der Waals surface area (Å²) < 4.78 is 17.3. The number of ether oxygens (including phenoxy) is 3. The minimum Gasteiger partial charge on any atom is -0.388 e. The van der Waals surface area contributed by atoms with Crippen molar-refractivity contribution >= 4 is 0 Å². The van der Waals surface area contributed by atoms with Gasteiger partial charge in [-0.1, -0.05) is 0 Å². The van der Waals surface area contributed by atoms with Gasteiger partial charge in [0.1, 0.15) is 36.6 Å². The summed E-state index contributed by atoms with van der Waals surface area (Å²) in [5, 5.41) is 30.8. The Bertz CT molecular complexity index is 463. The number of hydrogen-bond donors (Lipinski definition) is 7. The molecule has 10 unspecified atom stereocenters. The average Bonchev–Trinajstić information content (AvgIpc) is 2.54. The highest BCUT2D eigenvalue weighted by Gasteiger charge is 2.49. The molecule has 10 heteroatoms. The van der Waals surface area contributed by atoms with Gasteiger partial charge in [-0.25, -0.2) is 0 Å². The largest absolute Gasteiger partial charge is 0.388 e. The fraction of sp³-hybridized carbons (Fsp3) is 1.00. The van der Waals surface area contributed by atoms with Crippen LogP contribution >= 0.6 is 0 Å². The molecule has 11 N–H and O–H groups in total. The first-order valence-corrected chi connectivity index (χ1v) is 8.96. The maximum atomic E-state index is 10.7. The van der Waals surface area contributed by atoms with Gasteiger partial charge >= 0.3 is 0 Å². The van der Waals surface area contributed by atoms with E-state index in [9.17, 15) is 15.3 Å². The molecule has 2 aliphatic rings. The van der Waals surface area contributed by atoms with E-state index >= 15 is 0 Å². The molecule has 1 aliphatic heterocycles. The lowest BCUT2D eigenvalue weighted by atomic mass is 9.84. The van der Waals surface area contributed by atoms with E-state index in [4.69, 9.17) is 37.1 Å². The third-order valence-electron chi connectivity index (χ3n) is 4.82. The molecule has 0 aromatic carbocycles. The van der Waals surface area contributed by atoms with Crippen LogP contribution in [0, 0.1) is 0 Å². The molecule has 0 amide bonds. The number of nitrogens with two attached hydrogens (primary N) is 4. The standard InChI is InChI=1S/C16H34N4O6/c1-16(2,3)26-14-7(19)4-6(18)13(12(14)23)25-15-9(20)11(22)10(21)8(5-17)24-15/h6-15,21-23H,4-5,17-20H2,1-3H3. The molecule has 26 heavy (non-hydrogen) atoms. The first-order valence-electron chi connectivity index (χ1n) is 8.96. The molecule has 0 aromatic heterocycles. The van der Waals surface area contributed by atoms with Crippen molar-refractivity contribution in [3.63, 3.8) is 0 Å². The van der Waals surface area contributed by atoms with Crippen LogP contribution in [0.25, 0.3) is 0 Å². The van der Waals surface area contributed by atoms with Gasteiger partial charge in [0, 0.05) is 18.6 Å². The molecule has 1 heterocycles. The van der Waals surface area contributed by atoms with Gasteiger partial charge in [-0.3, -0.25) is 0 Å². The zero-order chi connectivity index (χ0) is 19.8. The Morgan fingerprint density at radius 3 is 2.08 bits per heavy atom. The highest BCUT2D eigenvalue weighted by molar-refractivity contribution is 5.01. The topological polar surface area (TPSA) is 192 Å². The van der Waals surface area contributed by atoms with E-state index in [0.717, 1.165) is 0 Å². The summed E-state index contributed by atoms with van der Waals surface area (Å²) in [5.74, 6) is 0. The fourth-order valence-corrected chi connectivity index (χ4v) is 3.45. The number of rotatable bonds is 4. The van der Waals surface area contributed by atoms with Gasteiger partial charge in [-0.05, 0) is 27.2 Å². The van der Waals surface area contributed by atoms with Gasteiger partial charge in [0.2, 0.25) is 0 Å². The maximum Gasteiger partial charge on any atom is 0.176 e. The third-order valence-corrected chi connectivity index (χ3v) is 4.82. The minimum absolute atomic E-state index is 0.0231. The van der Waals surface area contributed by atoms with E-state index in [1.54, 1.807) is 0 Å². The van der Waals surface area contributed by atoms with Crippen LogP contribution in [0.5, 0.6) is 0 Å². The fourth-order valence-electron chi connectivity index (χ4n) is 3.45. The van der Waals surface area contributed by atoms with E-state index in [1.807, 2.05) is 20.8 Å². The van der Waals surface area contributed by atoms with Crippen LogP contribution in [-0.4, -0.2) is 88.5 Å². The molecule has 0 bridgehead atoms. The van der Waals surface area contributed by atoms with Crippen molar-refractivity contribution in [2.75, 3.05) is 6.54 Å². The SMILES string of the molecule is CC(C)(C)OC1C(N)CC(N)C(OC2OC(CN)C(O)C(O)C2N)C1O. The van der Waals surface area contributed by atoms with Crippen molar-refractivity contribution in [1.29, 1.82) is 0 Å². The van der Waals surface area contributed by atoms with E-state index in [2.05, 4.69) is 0 Å². The van der Waals surface area contributed by atoms with E-state index in [-0.39, 0.29) is 6.54 Å². The van der Waals surface area contributed by atoms with Gasteiger partial charge in [-0.15, -0.1) is 0 Å². The monoisotopic (exact) mass is 378 g/mol. The molecule has 0 spiro atoms. The van der Waals surface area contributed by atoms with Gasteiger partial charge in [0.05, 0.1) is 11.6 Å². The zero-order valence-electron chi connectivity index (χ0n) is 15.6. The van der Waals surface area contributed by atoms with Crippen molar-refractivity contribution in [2.45, 2.75) is 93.8 Å². The van der Waals surface area contributed by atoms with Crippen LogP contribution in [0.1, 0.15) is 27.2 Å². The number of aliphatic hydroxyl groups is 3. The Hall–Kier alpha value is -0.400. The summed E-state index contributed by atoms with van der Waals surface area (Å²) in [7, 11) is 0. The van der Waals surface area contributed by atoms with Crippen LogP contribution in [-0.2, 0) is 14.2 Å². The maximum absolute atomic E-state index is 10.7. The lowest BCUT2D eigenvalue weighted by Crippen LogP contribution is -2.68. The predicted molar refractivity (Wildman–Crippen MR) is 93.8 cm³/mol. The molecular weight excluding hydrogens is 344 g/mol. The molecule has 1 saturated heterocycles. The van der Waals surface area contributed by atoms with Gasteiger partial charge in [-0.2, -0.15) is 0 Å². The lowest BCUT2D eigenvalue weighted by Gasteiger charge is -2.47. The first-order chi connectivity index (χ1) is 12.0. The van der Waals surface area contributed by atoms with E-state index in [1.165, 1.54) is 0 Å². The van der Waals surface area contributed by atoms with E-state index < -0.39 is 66.6 Å². The van der Waals surface area contributed by atoms with Crippen LogP contribution in [0.2, 0.25) is 0 Å². The van der Waals surface area contributed by atoms with Gasteiger partial charge < -0.3 is 52.5 Å². The van der Waals surface area contributed by atoms with Crippen molar-refractivity contribution in [1.82, 2.24) is 0 Å². The Labute approximate surface area is 153 Å². The molecule has 0 radical (unpaired) electrons. The summed E-state index contributed by atoms with van der Waals surface area (Å²) in [6.07, 6.45) is -6.69. The second-order valence-electron chi connectivity index (χ2n) is 8.19. The molecule has 0 aromatic rings. The van der Waals surface area contributed by atoms with Crippen molar-refractivity contribution in [3.8, 4) is 0 Å². The Kier molecular flexibility index (Phi) is 7.00. The molecular formula is C16H34N4O6. The lowest BCUT2D eigenvalue weighted by molar-refractivity contribution is -0.291. The summed E-state index contributed by atoms with van der Waals surface area (Å²) in [4.78, 5) is 0. The van der Waals surface area contributed by atoms with Crippen LogP contribution in [0.4, 0.5) is 0 Å². The Morgan fingerprint density at radius 2 is 1.54 bits per heavy atom. The average molecular weight is 378 g/mol. The first kappa shape index (κ1) is 21.9. The van der Waals surface area contributed by atoms with Crippen molar-refractivity contribution in [2.24, 2.45) is 22.9 Å². The van der Waals surface area contributed by atoms with Crippen LogP contribution < -0.4 is 22.9 Å². The summed E-state index contributed by atoms with van der Waals surface area (Å²) in [6, 6.07) is -2.05. The molecule has 2 fully saturated rings. The zero-order valence-corrected chi connectivity index (χ0v) is 15.6. The molecule has 10 atom stereocenters. The highest BCUT2D eigenvalue weighted by Crippen LogP contribution is 2.29. The van der Waals surface area contributed by atoms with Crippen LogP contribution in [0.3, 0.4) is 0 Å². The summed E-state index contributed by atoms with van der Waals surface area (Å²) in [6.45, 7) is 5.56. The Balaban J connectivity index is 2.13. The second-order valence-corrected chi connectivity index (χ2v) is 8.19. The van der Waals surface area contributed by atoms with Gasteiger partial charge in [0.25, 0.3) is 0 Å². The smallest absolute Gasteiger partial charge is 0.176 e. The number of hydrogen-bond acceptors (Lipinski definition) is 10. The molecule has 2 rings (SSSR count). The number of aliphatic hydroxyl groups excluding tert-OH is 3. The normalized spacial score (nSPS) is 47.8. The summed E-state index contributed by atoms with van der Waals surface area (Å²) >= 11 is 0. The van der Waals surface area contributed by atoms with Crippen molar-refractivity contribution in [3.05, 3.63) is 0 Å². The molecule has 154 valence electrons.